The van der Waals surface area contributed by atoms with Crippen molar-refractivity contribution in [2.75, 3.05) is 38.4 Å². The Hall–Kier alpha value is -3.02. The van der Waals surface area contributed by atoms with Crippen LogP contribution in [0.1, 0.15) is 27.6 Å². The summed E-state index contributed by atoms with van der Waals surface area (Å²) in [6, 6.07) is 5.85. The number of fused-ring (bicyclic) bond motifs is 1. The number of anilines is 1. The number of ether oxygens (including phenoxy) is 3. The molecule has 9 nitrogen and oxygen atoms in total. The molecule has 2 aliphatic rings. The van der Waals surface area contributed by atoms with Crippen molar-refractivity contribution in [1.82, 2.24) is 4.31 Å². The van der Waals surface area contributed by atoms with Gasteiger partial charge in [0.2, 0.25) is 16.8 Å². The number of sulfonamides is 1. The van der Waals surface area contributed by atoms with Gasteiger partial charge in [0.25, 0.3) is 5.91 Å². The number of nitrogens with one attached hydrogen (secondary N) is 1. The predicted octanol–water partition coefficient (Wildman–Crippen LogP) is 2.03. The molecule has 2 aromatic carbocycles. The zero-order chi connectivity index (χ0) is 22.2. The lowest BCUT2D eigenvalue weighted by atomic mass is 10.1. The van der Waals surface area contributed by atoms with Gasteiger partial charge in [-0.2, -0.15) is 4.31 Å². The number of benzene rings is 2. The average molecular weight is 450 g/mol. The van der Waals surface area contributed by atoms with E-state index in [4.69, 9.17) is 14.2 Å². The van der Waals surface area contributed by atoms with Gasteiger partial charge in [-0.05, 0) is 31.2 Å². The fraction of sp³-hybridized carbons (Fsp3) is 0.300. The van der Waals surface area contributed by atoms with Gasteiger partial charge in [0.05, 0.1) is 29.4 Å². The summed E-state index contributed by atoms with van der Waals surface area (Å²) >= 11 is 0. The monoisotopic (exact) mass is 450 g/mol. The first-order valence-electron chi connectivity index (χ1n) is 9.41. The van der Waals surface area contributed by atoms with Gasteiger partial charge in [-0.25, -0.2) is 12.8 Å². The maximum absolute atomic E-state index is 14.4. The summed E-state index contributed by atoms with van der Waals surface area (Å²) in [5.74, 6) is -1.48. The highest BCUT2D eigenvalue weighted by Crippen LogP contribution is 2.37. The van der Waals surface area contributed by atoms with Crippen molar-refractivity contribution in [3.05, 3.63) is 47.3 Å². The molecule has 31 heavy (non-hydrogen) atoms. The van der Waals surface area contributed by atoms with E-state index < -0.39 is 27.3 Å². The number of Topliss-reactive ketones (excluding diaryl/α,β-unsaturated/α-hetero) is 1. The minimum atomic E-state index is -3.92. The molecule has 0 aliphatic carbocycles. The number of carbonyl (C=O) groups is 2. The van der Waals surface area contributed by atoms with Crippen LogP contribution in [0.3, 0.4) is 0 Å². The minimum absolute atomic E-state index is 0.0276. The van der Waals surface area contributed by atoms with Crippen LogP contribution in [0.5, 0.6) is 11.5 Å². The molecule has 0 aromatic heterocycles. The molecule has 0 bridgehead atoms. The summed E-state index contributed by atoms with van der Waals surface area (Å²) in [5, 5.41) is 2.47. The van der Waals surface area contributed by atoms with Crippen LogP contribution in [0, 0.1) is 5.82 Å². The number of ketones is 1. The summed E-state index contributed by atoms with van der Waals surface area (Å²) in [5.41, 5.74) is -0.223. The van der Waals surface area contributed by atoms with Gasteiger partial charge in [-0.3, -0.25) is 9.59 Å². The molecule has 1 N–H and O–H groups in total. The molecule has 1 fully saturated rings. The van der Waals surface area contributed by atoms with E-state index in [9.17, 15) is 22.4 Å². The molecule has 0 unspecified atom stereocenters. The van der Waals surface area contributed by atoms with E-state index in [2.05, 4.69) is 5.32 Å². The van der Waals surface area contributed by atoms with Crippen LogP contribution >= 0.6 is 0 Å². The normalized spacial score (nSPS) is 16.2. The third-order valence-corrected chi connectivity index (χ3v) is 6.83. The summed E-state index contributed by atoms with van der Waals surface area (Å²) in [7, 11) is -3.92. The molecule has 0 spiro atoms. The van der Waals surface area contributed by atoms with Crippen molar-refractivity contribution in [2.45, 2.75) is 11.8 Å². The molecule has 1 amide bonds. The Bertz CT molecular complexity index is 1160. The number of hydrogen-bond donors (Lipinski definition) is 1. The molecular weight excluding hydrogens is 431 g/mol. The zero-order valence-corrected chi connectivity index (χ0v) is 17.3. The van der Waals surface area contributed by atoms with Gasteiger partial charge in [0.1, 0.15) is 5.82 Å². The molecule has 164 valence electrons. The van der Waals surface area contributed by atoms with E-state index in [1.165, 1.54) is 23.4 Å². The lowest BCUT2D eigenvalue weighted by Crippen LogP contribution is -2.40. The van der Waals surface area contributed by atoms with Crippen molar-refractivity contribution in [3.8, 4) is 11.5 Å². The zero-order valence-electron chi connectivity index (χ0n) is 16.5. The highest BCUT2D eigenvalue weighted by atomic mass is 32.2. The van der Waals surface area contributed by atoms with Gasteiger partial charge >= 0.3 is 0 Å². The number of nitrogens with zero attached hydrogens (tertiary/aromatic N) is 1. The number of amides is 1. The molecule has 0 radical (unpaired) electrons. The van der Waals surface area contributed by atoms with Gasteiger partial charge in [-0.15, -0.1) is 0 Å². The number of hydrogen-bond acceptors (Lipinski definition) is 7. The number of carbonyl (C=O) groups excluding carboxylic acids is 2. The Balaban J connectivity index is 1.65. The summed E-state index contributed by atoms with van der Waals surface area (Å²) in [4.78, 5) is 24.6. The van der Waals surface area contributed by atoms with Crippen molar-refractivity contribution in [3.63, 3.8) is 0 Å². The fourth-order valence-electron chi connectivity index (χ4n) is 3.30. The van der Waals surface area contributed by atoms with Gasteiger partial charge in [0, 0.05) is 24.7 Å². The van der Waals surface area contributed by atoms with E-state index in [-0.39, 0.29) is 55.0 Å². The van der Waals surface area contributed by atoms with Crippen molar-refractivity contribution >= 4 is 27.4 Å². The van der Waals surface area contributed by atoms with Gasteiger partial charge < -0.3 is 19.5 Å². The summed E-state index contributed by atoms with van der Waals surface area (Å²) in [6.45, 7) is 2.13. The first-order valence-corrected chi connectivity index (χ1v) is 10.8. The highest BCUT2D eigenvalue weighted by Gasteiger charge is 2.28. The van der Waals surface area contributed by atoms with Crippen LogP contribution in [-0.4, -0.2) is 57.5 Å². The fourth-order valence-corrected chi connectivity index (χ4v) is 4.74. The molecule has 2 heterocycles. The first-order chi connectivity index (χ1) is 14.8. The molecule has 0 atom stereocenters. The topological polar surface area (TPSA) is 111 Å². The van der Waals surface area contributed by atoms with E-state index in [0.717, 1.165) is 18.2 Å². The molecule has 11 heteroatoms. The van der Waals surface area contributed by atoms with Gasteiger partial charge in [0.15, 0.2) is 17.3 Å². The molecule has 0 saturated carbocycles. The minimum Gasteiger partial charge on any atom is -0.454 e. The van der Waals surface area contributed by atoms with Crippen molar-refractivity contribution in [1.29, 1.82) is 0 Å². The number of morpholine rings is 1. The Morgan fingerprint density at radius 1 is 1.03 bits per heavy atom. The standard InChI is InChI=1S/C20H19FN2O7S/c1-12(24)14-9-18-19(30-11-29-18)10-17(14)22-20(25)15-8-13(2-3-16(15)21)31(26,27)23-4-6-28-7-5-23/h2-3,8-10H,4-7,11H2,1H3,(H,22,25). The van der Waals surface area contributed by atoms with E-state index in [1.54, 1.807) is 0 Å². The third kappa shape index (κ3) is 4.11. The smallest absolute Gasteiger partial charge is 0.258 e. The van der Waals surface area contributed by atoms with Crippen LogP contribution in [0.2, 0.25) is 0 Å². The molecule has 2 aromatic rings. The molecule has 1 saturated heterocycles. The Kier molecular flexibility index (Phi) is 5.65. The Morgan fingerprint density at radius 2 is 1.71 bits per heavy atom. The first kappa shape index (κ1) is 21.2. The summed E-state index contributed by atoms with van der Waals surface area (Å²) < 4.78 is 57.0. The maximum Gasteiger partial charge on any atom is 0.258 e. The molecule has 4 rings (SSSR count). The van der Waals surface area contributed by atoms with Crippen LogP contribution in [-0.2, 0) is 14.8 Å². The third-order valence-electron chi connectivity index (χ3n) is 4.93. The Morgan fingerprint density at radius 3 is 2.39 bits per heavy atom. The number of halogens is 1. The van der Waals surface area contributed by atoms with Gasteiger partial charge in [-0.1, -0.05) is 0 Å². The second-order valence-corrected chi connectivity index (χ2v) is 8.86. The van der Waals surface area contributed by atoms with Crippen LogP contribution < -0.4 is 14.8 Å². The lowest BCUT2D eigenvalue weighted by molar-refractivity contribution is 0.0730. The molecular formula is C20H19FN2O7S. The maximum atomic E-state index is 14.4. The second kappa shape index (κ2) is 8.25. The van der Waals surface area contributed by atoms with Crippen LogP contribution in [0.15, 0.2) is 35.2 Å². The number of rotatable bonds is 5. The van der Waals surface area contributed by atoms with Crippen molar-refractivity contribution in [2.24, 2.45) is 0 Å². The van der Waals surface area contributed by atoms with E-state index >= 15 is 0 Å². The second-order valence-electron chi connectivity index (χ2n) is 6.92. The SMILES string of the molecule is CC(=O)c1cc2c(cc1NC(=O)c1cc(S(=O)(=O)N3CCOCC3)ccc1F)OCO2. The highest BCUT2D eigenvalue weighted by molar-refractivity contribution is 7.89. The average Bonchev–Trinajstić information content (AvgIpc) is 3.21. The lowest BCUT2D eigenvalue weighted by Gasteiger charge is -2.26. The Labute approximate surface area is 177 Å². The van der Waals surface area contributed by atoms with Crippen molar-refractivity contribution < 1.29 is 36.6 Å². The van der Waals surface area contributed by atoms with E-state index in [0.29, 0.717) is 11.5 Å². The van der Waals surface area contributed by atoms with Crippen LogP contribution in [0.25, 0.3) is 0 Å². The molecule has 2 aliphatic heterocycles. The van der Waals surface area contributed by atoms with Crippen LogP contribution in [0.4, 0.5) is 10.1 Å². The van der Waals surface area contributed by atoms with E-state index in [1.807, 2.05) is 0 Å². The largest absolute Gasteiger partial charge is 0.454 e. The summed E-state index contributed by atoms with van der Waals surface area (Å²) in [6.07, 6.45) is 0. The quantitative estimate of drug-likeness (QED) is 0.694. The predicted molar refractivity (Wildman–Crippen MR) is 107 cm³/mol.